The fourth-order valence-electron chi connectivity index (χ4n) is 4.26. The number of aromatic nitrogens is 1. The van der Waals surface area contributed by atoms with Crippen LogP contribution >= 0.6 is 0 Å². The van der Waals surface area contributed by atoms with E-state index in [1.165, 1.54) is 42.5 Å². The first kappa shape index (κ1) is 19.7. The van der Waals surface area contributed by atoms with E-state index in [2.05, 4.69) is 72.8 Å². The fraction of sp³-hybridized carbons (Fsp3) is 0.542. The van der Waals surface area contributed by atoms with E-state index in [0.29, 0.717) is 18.9 Å². The molecule has 1 aliphatic rings. The summed E-state index contributed by atoms with van der Waals surface area (Å²) in [6, 6.07) is 13.1. The number of carbonyl (C=O) groups excluding carboxylic acids is 1. The van der Waals surface area contributed by atoms with Crippen molar-refractivity contribution in [1.82, 2.24) is 9.47 Å². The number of aryl methyl sites for hydroxylation is 1. The Morgan fingerprint density at radius 3 is 2.67 bits per heavy atom. The van der Waals surface area contributed by atoms with Crippen LogP contribution in [0.4, 0.5) is 0 Å². The Labute approximate surface area is 164 Å². The lowest BCUT2D eigenvalue weighted by molar-refractivity contribution is -0.134. The van der Waals surface area contributed by atoms with E-state index in [1.807, 2.05) is 0 Å². The van der Waals surface area contributed by atoms with E-state index < -0.39 is 0 Å². The van der Waals surface area contributed by atoms with E-state index in [-0.39, 0.29) is 6.04 Å². The van der Waals surface area contributed by atoms with Gasteiger partial charge in [0, 0.05) is 30.9 Å². The van der Waals surface area contributed by atoms with Crippen molar-refractivity contribution in [1.29, 1.82) is 0 Å². The molecule has 1 aromatic heterocycles. The Morgan fingerprint density at radius 1 is 1.19 bits per heavy atom. The lowest BCUT2D eigenvalue weighted by atomic mass is 10.0. The molecule has 3 rings (SSSR count). The third-order valence-electron chi connectivity index (χ3n) is 5.88. The van der Waals surface area contributed by atoms with Gasteiger partial charge in [-0.2, -0.15) is 0 Å². The lowest BCUT2D eigenvalue weighted by Gasteiger charge is -2.28. The summed E-state index contributed by atoms with van der Waals surface area (Å²) in [5.41, 5.74) is 3.79. The zero-order valence-electron chi connectivity index (χ0n) is 17.2. The molecule has 0 radical (unpaired) electrons. The largest absolute Gasteiger partial charge is 0.345 e. The second-order valence-electron chi connectivity index (χ2n) is 8.42. The molecule has 2 aromatic rings. The van der Waals surface area contributed by atoms with E-state index in [9.17, 15) is 4.79 Å². The van der Waals surface area contributed by atoms with Crippen LogP contribution in [-0.4, -0.2) is 21.4 Å². The monoisotopic (exact) mass is 366 g/mol. The SMILES string of the molecule is Cc1cccc(Cn2cccc2CN(C(=O)CCC2CCCC2)C(C)C)c1. The highest BCUT2D eigenvalue weighted by atomic mass is 16.2. The molecule has 1 fully saturated rings. The average molecular weight is 367 g/mol. The first-order chi connectivity index (χ1) is 13.0. The Bertz CT molecular complexity index is 740. The molecule has 0 bridgehead atoms. The molecule has 1 heterocycles. The summed E-state index contributed by atoms with van der Waals surface area (Å²) in [5.74, 6) is 1.08. The fourth-order valence-corrected chi connectivity index (χ4v) is 4.26. The molecule has 1 saturated carbocycles. The molecule has 0 spiro atoms. The molecule has 1 aliphatic carbocycles. The van der Waals surface area contributed by atoms with Gasteiger partial charge in [-0.25, -0.2) is 0 Å². The third kappa shape index (κ3) is 5.47. The Morgan fingerprint density at radius 2 is 1.96 bits per heavy atom. The van der Waals surface area contributed by atoms with Crippen molar-refractivity contribution in [3.63, 3.8) is 0 Å². The van der Waals surface area contributed by atoms with Crippen molar-refractivity contribution in [3.05, 3.63) is 59.4 Å². The maximum atomic E-state index is 12.9. The summed E-state index contributed by atoms with van der Waals surface area (Å²) >= 11 is 0. The van der Waals surface area contributed by atoms with Crippen LogP contribution < -0.4 is 0 Å². The number of carbonyl (C=O) groups is 1. The van der Waals surface area contributed by atoms with Crippen LogP contribution in [0.15, 0.2) is 42.6 Å². The van der Waals surface area contributed by atoms with Gasteiger partial charge in [0.05, 0.1) is 6.54 Å². The molecule has 0 saturated heterocycles. The molecule has 1 aromatic carbocycles. The number of benzene rings is 1. The van der Waals surface area contributed by atoms with Gasteiger partial charge in [0.1, 0.15) is 0 Å². The molecule has 146 valence electrons. The molecule has 0 unspecified atom stereocenters. The maximum absolute atomic E-state index is 12.9. The predicted octanol–water partition coefficient (Wildman–Crippen LogP) is 5.55. The molecule has 0 N–H and O–H groups in total. The van der Waals surface area contributed by atoms with Gasteiger partial charge >= 0.3 is 0 Å². The topological polar surface area (TPSA) is 25.2 Å². The predicted molar refractivity (Wildman–Crippen MR) is 112 cm³/mol. The van der Waals surface area contributed by atoms with Crippen molar-refractivity contribution in [3.8, 4) is 0 Å². The van der Waals surface area contributed by atoms with Crippen molar-refractivity contribution >= 4 is 5.91 Å². The number of hydrogen-bond acceptors (Lipinski definition) is 1. The molecule has 27 heavy (non-hydrogen) atoms. The van der Waals surface area contributed by atoms with E-state index >= 15 is 0 Å². The van der Waals surface area contributed by atoms with Gasteiger partial charge in [0.25, 0.3) is 0 Å². The highest BCUT2D eigenvalue weighted by Crippen LogP contribution is 2.29. The third-order valence-corrected chi connectivity index (χ3v) is 5.88. The minimum Gasteiger partial charge on any atom is -0.345 e. The van der Waals surface area contributed by atoms with Crippen molar-refractivity contribution in [2.75, 3.05) is 0 Å². The zero-order chi connectivity index (χ0) is 19.2. The number of nitrogens with zero attached hydrogens (tertiary/aromatic N) is 2. The number of rotatable bonds is 8. The summed E-state index contributed by atoms with van der Waals surface area (Å²) in [4.78, 5) is 15.0. The second kappa shape index (κ2) is 9.25. The Kier molecular flexibility index (Phi) is 6.76. The zero-order valence-corrected chi connectivity index (χ0v) is 17.2. The van der Waals surface area contributed by atoms with Crippen molar-refractivity contribution in [2.45, 2.75) is 78.4 Å². The first-order valence-corrected chi connectivity index (χ1v) is 10.5. The van der Waals surface area contributed by atoms with Gasteiger partial charge in [-0.1, -0.05) is 55.5 Å². The summed E-state index contributed by atoms with van der Waals surface area (Å²) < 4.78 is 2.27. The van der Waals surface area contributed by atoms with Gasteiger partial charge in [0.15, 0.2) is 0 Å². The highest BCUT2D eigenvalue weighted by Gasteiger charge is 2.21. The summed E-state index contributed by atoms with van der Waals surface area (Å²) in [6.07, 6.45) is 9.20. The van der Waals surface area contributed by atoms with Crippen LogP contribution in [0, 0.1) is 12.8 Å². The molecule has 3 nitrogen and oxygen atoms in total. The minimum absolute atomic E-state index is 0.225. The Hall–Kier alpha value is -2.03. The standard InChI is InChI=1S/C24H34N2O/c1-19(2)26(24(27)14-13-21-9-4-5-10-21)18-23-12-7-15-25(23)17-22-11-6-8-20(3)16-22/h6-8,11-12,15-16,19,21H,4-5,9-10,13-14,17-18H2,1-3H3. The van der Waals surface area contributed by atoms with Crippen LogP contribution in [0.1, 0.15) is 69.2 Å². The van der Waals surface area contributed by atoms with Gasteiger partial charge in [-0.15, -0.1) is 0 Å². The molecule has 0 aliphatic heterocycles. The van der Waals surface area contributed by atoms with Gasteiger partial charge < -0.3 is 9.47 Å². The molecular weight excluding hydrogens is 332 g/mol. The smallest absolute Gasteiger partial charge is 0.223 e. The van der Waals surface area contributed by atoms with Crippen LogP contribution in [0.3, 0.4) is 0 Å². The van der Waals surface area contributed by atoms with E-state index in [0.717, 1.165) is 18.9 Å². The molecular formula is C24H34N2O. The van der Waals surface area contributed by atoms with Crippen LogP contribution in [0.5, 0.6) is 0 Å². The average Bonchev–Trinajstić information content (AvgIpc) is 3.29. The van der Waals surface area contributed by atoms with Crippen LogP contribution in [-0.2, 0) is 17.9 Å². The van der Waals surface area contributed by atoms with Crippen LogP contribution in [0.2, 0.25) is 0 Å². The number of hydrogen-bond donors (Lipinski definition) is 0. The van der Waals surface area contributed by atoms with E-state index in [4.69, 9.17) is 0 Å². The molecule has 1 amide bonds. The normalized spacial score (nSPS) is 14.8. The summed E-state index contributed by atoms with van der Waals surface area (Å²) in [5, 5.41) is 0. The minimum atomic E-state index is 0.225. The van der Waals surface area contributed by atoms with Crippen molar-refractivity contribution < 1.29 is 4.79 Å². The first-order valence-electron chi connectivity index (χ1n) is 10.5. The van der Waals surface area contributed by atoms with Gasteiger partial charge in [-0.3, -0.25) is 4.79 Å². The summed E-state index contributed by atoms with van der Waals surface area (Å²) in [7, 11) is 0. The summed E-state index contributed by atoms with van der Waals surface area (Å²) in [6.45, 7) is 7.93. The van der Waals surface area contributed by atoms with Gasteiger partial charge in [0.2, 0.25) is 5.91 Å². The van der Waals surface area contributed by atoms with Crippen molar-refractivity contribution in [2.24, 2.45) is 5.92 Å². The second-order valence-corrected chi connectivity index (χ2v) is 8.42. The highest BCUT2D eigenvalue weighted by molar-refractivity contribution is 5.76. The number of amides is 1. The maximum Gasteiger partial charge on any atom is 0.223 e. The van der Waals surface area contributed by atoms with Gasteiger partial charge in [-0.05, 0) is 50.8 Å². The Balaban J connectivity index is 1.64. The molecule has 0 atom stereocenters. The molecule has 3 heteroatoms. The lowest BCUT2D eigenvalue weighted by Crippen LogP contribution is -2.37. The quantitative estimate of drug-likeness (QED) is 0.601. The van der Waals surface area contributed by atoms with E-state index in [1.54, 1.807) is 0 Å². The van der Waals surface area contributed by atoms with Crippen LogP contribution in [0.25, 0.3) is 0 Å².